The summed E-state index contributed by atoms with van der Waals surface area (Å²) < 4.78 is 5.67. The van der Waals surface area contributed by atoms with Gasteiger partial charge in [-0.05, 0) is 30.5 Å². The first-order chi connectivity index (χ1) is 10.1. The Labute approximate surface area is 127 Å². The monoisotopic (exact) mass is 290 g/mol. The van der Waals surface area contributed by atoms with Crippen LogP contribution in [0.4, 0.5) is 0 Å². The number of nitrogens with one attached hydrogen (secondary N) is 1. The Morgan fingerprint density at radius 3 is 2.71 bits per heavy atom. The minimum atomic E-state index is 0.183. The molecule has 0 radical (unpaired) electrons. The van der Waals surface area contributed by atoms with E-state index in [1.165, 1.54) is 5.56 Å². The van der Waals surface area contributed by atoms with E-state index < -0.39 is 0 Å². The fourth-order valence-corrected chi connectivity index (χ4v) is 2.56. The molecule has 0 aromatic heterocycles. The van der Waals surface area contributed by atoms with E-state index in [-0.39, 0.29) is 11.9 Å². The highest BCUT2D eigenvalue weighted by Gasteiger charge is 2.22. The number of hydrogen-bond donors (Lipinski definition) is 1. The van der Waals surface area contributed by atoms with Crippen molar-refractivity contribution < 1.29 is 9.53 Å². The third kappa shape index (κ3) is 4.46. The summed E-state index contributed by atoms with van der Waals surface area (Å²) in [6.07, 6.45) is 0.441. The number of carbonyl (C=O) groups excluding carboxylic acids is 1. The lowest BCUT2D eigenvalue weighted by molar-refractivity contribution is -0.134. The van der Waals surface area contributed by atoms with Crippen LogP contribution in [0, 0.1) is 0 Å². The molecule has 1 atom stereocenters. The number of carbonyl (C=O) groups is 1. The van der Waals surface area contributed by atoms with Crippen molar-refractivity contribution in [3.05, 3.63) is 29.8 Å². The van der Waals surface area contributed by atoms with Gasteiger partial charge in [-0.2, -0.15) is 0 Å². The Hall–Kier alpha value is -1.55. The van der Waals surface area contributed by atoms with Crippen LogP contribution >= 0.6 is 0 Å². The summed E-state index contributed by atoms with van der Waals surface area (Å²) in [5, 5.41) is 3.29. The molecule has 1 amide bonds. The molecular weight excluding hydrogens is 264 g/mol. The smallest absolute Gasteiger partial charge is 0.226 e. The molecule has 1 aromatic carbocycles. The van der Waals surface area contributed by atoms with Crippen molar-refractivity contribution in [1.82, 2.24) is 10.2 Å². The Kier molecular flexibility index (Phi) is 5.62. The average Bonchev–Trinajstić information content (AvgIpc) is 2.48. The van der Waals surface area contributed by atoms with E-state index in [2.05, 4.69) is 38.2 Å². The first-order valence-electron chi connectivity index (χ1n) is 7.81. The van der Waals surface area contributed by atoms with Gasteiger partial charge in [0, 0.05) is 25.7 Å². The molecule has 1 aliphatic rings. The number of ether oxygens (including phenoxy) is 1. The molecule has 0 saturated carbocycles. The Bertz CT molecular complexity index is 456. The molecule has 2 rings (SSSR count). The first kappa shape index (κ1) is 15.8. The van der Waals surface area contributed by atoms with Crippen LogP contribution in [0.2, 0.25) is 0 Å². The Balaban J connectivity index is 1.77. The highest BCUT2D eigenvalue weighted by Crippen LogP contribution is 2.18. The summed E-state index contributed by atoms with van der Waals surface area (Å²) in [7, 11) is 0. The van der Waals surface area contributed by atoms with Gasteiger partial charge in [-0.1, -0.05) is 26.0 Å². The molecule has 4 heteroatoms. The van der Waals surface area contributed by atoms with Gasteiger partial charge in [-0.25, -0.2) is 0 Å². The zero-order chi connectivity index (χ0) is 15.2. The van der Waals surface area contributed by atoms with Crippen molar-refractivity contribution in [2.24, 2.45) is 0 Å². The zero-order valence-corrected chi connectivity index (χ0v) is 13.3. The maximum atomic E-state index is 12.2. The van der Waals surface area contributed by atoms with Gasteiger partial charge < -0.3 is 15.0 Å². The molecule has 116 valence electrons. The summed E-state index contributed by atoms with van der Waals surface area (Å²) in [4.78, 5) is 14.1. The summed E-state index contributed by atoms with van der Waals surface area (Å²) in [6.45, 7) is 9.42. The lowest BCUT2D eigenvalue weighted by Gasteiger charge is -2.34. The van der Waals surface area contributed by atoms with Crippen molar-refractivity contribution in [2.45, 2.75) is 39.2 Å². The minimum absolute atomic E-state index is 0.183. The number of amides is 1. The minimum Gasteiger partial charge on any atom is -0.493 e. The summed E-state index contributed by atoms with van der Waals surface area (Å²) in [5.41, 5.74) is 1.30. The molecule has 4 nitrogen and oxygen atoms in total. The van der Waals surface area contributed by atoms with Gasteiger partial charge in [0.15, 0.2) is 0 Å². The van der Waals surface area contributed by atoms with Gasteiger partial charge in [0.2, 0.25) is 5.91 Å². The van der Waals surface area contributed by atoms with E-state index >= 15 is 0 Å². The Morgan fingerprint density at radius 2 is 2.10 bits per heavy atom. The van der Waals surface area contributed by atoms with Gasteiger partial charge in [-0.15, -0.1) is 0 Å². The van der Waals surface area contributed by atoms with E-state index in [0.717, 1.165) is 25.4 Å². The van der Waals surface area contributed by atoms with E-state index in [0.29, 0.717) is 18.9 Å². The molecule has 0 bridgehead atoms. The van der Waals surface area contributed by atoms with Crippen LogP contribution in [-0.4, -0.2) is 43.1 Å². The van der Waals surface area contributed by atoms with Crippen molar-refractivity contribution in [3.8, 4) is 5.75 Å². The highest BCUT2D eigenvalue weighted by atomic mass is 16.5. The molecule has 1 aliphatic heterocycles. The van der Waals surface area contributed by atoms with E-state index in [9.17, 15) is 4.79 Å². The first-order valence-corrected chi connectivity index (χ1v) is 7.81. The van der Waals surface area contributed by atoms with Crippen molar-refractivity contribution in [2.75, 3.05) is 26.2 Å². The summed E-state index contributed by atoms with van der Waals surface area (Å²) in [5.74, 6) is 1.54. The molecule has 1 aromatic rings. The molecule has 1 heterocycles. The second kappa shape index (κ2) is 7.46. The van der Waals surface area contributed by atoms with E-state index in [1.807, 2.05) is 17.0 Å². The molecule has 1 saturated heterocycles. The van der Waals surface area contributed by atoms with Gasteiger partial charge in [0.05, 0.1) is 13.0 Å². The van der Waals surface area contributed by atoms with Gasteiger partial charge >= 0.3 is 0 Å². The lowest BCUT2D eigenvalue weighted by Crippen LogP contribution is -2.52. The highest BCUT2D eigenvalue weighted by molar-refractivity contribution is 5.76. The molecule has 0 spiro atoms. The molecule has 1 N–H and O–H groups in total. The SMILES string of the molecule is CC(C)c1ccc(OCCC(=O)N2CCNC[C@H]2C)cc1. The third-order valence-corrected chi connectivity index (χ3v) is 3.95. The van der Waals surface area contributed by atoms with Crippen LogP contribution in [-0.2, 0) is 4.79 Å². The fraction of sp³-hybridized carbons (Fsp3) is 0.588. The number of rotatable bonds is 5. The standard InChI is InChI=1S/C17H26N2O2/c1-13(2)15-4-6-16(7-5-15)21-11-8-17(20)19-10-9-18-12-14(19)3/h4-7,13-14,18H,8-12H2,1-3H3/t14-/m1/s1. The van der Waals surface area contributed by atoms with Crippen LogP contribution in [0.3, 0.4) is 0 Å². The second-order valence-electron chi connectivity index (χ2n) is 5.96. The normalized spacial score (nSPS) is 18.9. The van der Waals surface area contributed by atoms with Crippen molar-refractivity contribution in [3.63, 3.8) is 0 Å². The number of nitrogens with zero attached hydrogens (tertiary/aromatic N) is 1. The molecular formula is C17H26N2O2. The maximum absolute atomic E-state index is 12.2. The van der Waals surface area contributed by atoms with E-state index in [1.54, 1.807) is 0 Å². The molecule has 0 unspecified atom stereocenters. The second-order valence-corrected chi connectivity index (χ2v) is 5.96. The van der Waals surface area contributed by atoms with Crippen molar-refractivity contribution >= 4 is 5.91 Å². The van der Waals surface area contributed by atoms with Crippen LogP contribution in [0.5, 0.6) is 5.75 Å². The predicted molar refractivity (Wildman–Crippen MR) is 84.7 cm³/mol. The zero-order valence-electron chi connectivity index (χ0n) is 13.3. The van der Waals surface area contributed by atoms with Gasteiger partial charge in [-0.3, -0.25) is 4.79 Å². The summed E-state index contributed by atoms with van der Waals surface area (Å²) >= 11 is 0. The predicted octanol–water partition coefficient (Wildman–Crippen LogP) is 2.40. The molecule has 21 heavy (non-hydrogen) atoms. The third-order valence-electron chi connectivity index (χ3n) is 3.95. The molecule has 0 aliphatic carbocycles. The lowest BCUT2D eigenvalue weighted by atomic mass is 10.0. The summed E-state index contributed by atoms with van der Waals surface area (Å²) in [6, 6.07) is 8.40. The van der Waals surface area contributed by atoms with Crippen LogP contribution in [0.25, 0.3) is 0 Å². The largest absolute Gasteiger partial charge is 0.493 e. The van der Waals surface area contributed by atoms with Gasteiger partial charge in [0.1, 0.15) is 5.75 Å². The Morgan fingerprint density at radius 1 is 1.38 bits per heavy atom. The quantitative estimate of drug-likeness (QED) is 0.905. The number of piperazine rings is 1. The number of benzene rings is 1. The van der Waals surface area contributed by atoms with Gasteiger partial charge in [0.25, 0.3) is 0 Å². The van der Waals surface area contributed by atoms with Crippen LogP contribution in [0.1, 0.15) is 38.7 Å². The number of hydrogen-bond acceptors (Lipinski definition) is 3. The molecule has 1 fully saturated rings. The average molecular weight is 290 g/mol. The maximum Gasteiger partial charge on any atom is 0.226 e. The van der Waals surface area contributed by atoms with E-state index in [4.69, 9.17) is 4.74 Å². The van der Waals surface area contributed by atoms with Crippen molar-refractivity contribution in [1.29, 1.82) is 0 Å². The van der Waals surface area contributed by atoms with Crippen LogP contribution in [0.15, 0.2) is 24.3 Å². The topological polar surface area (TPSA) is 41.6 Å². The van der Waals surface area contributed by atoms with Crippen LogP contribution < -0.4 is 10.1 Å². The fourth-order valence-electron chi connectivity index (χ4n) is 2.56.